The summed E-state index contributed by atoms with van der Waals surface area (Å²) in [6, 6.07) is 85.4. The van der Waals surface area contributed by atoms with Gasteiger partial charge in [0.2, 0.25) is 0 Å². The second kappa shape index (κ2) is 15.4. The fourth-order valence-corrected chi connectivity index (χ4v) is 10.7. The number of fused-ring (bicyclic) bond motifs is 9. The van der Waals surface area contributed by atoms with Gasteiger partial charge < -0.3 is 4.90 Å². The van der Waals surface area contributed by atoms with Crippen LogP contribution < -0.4 is 4.90 Å². The minimum absolute atomic E-state index is 0.0518. The van der Waals surface area contributed by atoms with Gasteiger partial charge in [-0.1, -0.05) is 201 Å². The summed E-state index contributed by atoms with van der Waals surface area (Å²) in [6.07, 6.45) is 0. The molecule has 0 aliphatic heterocycles. The quantitative estimate of drug-likeness (QED) is 0.145. The molecular weight excluding hydrogens is 783 g/mol. The molecule has 0 N–H and O–H groups in total. The van der Waals surface area contributed by atoms with Gasteiger partial charge in [0.1, 0.15) is 0 Å². The van der Waals surface area contributed by atoms with Crippen molar-refractivity contribution >= 4 is 49.4 Å². The van der Waals surface area contributed by atoms with Gasteiger partial charge in [0, 0.05) is 22.5 Å². The fraction of sp³-hybridized carbons (Fsp3) is 0.0625. The molecule has 308 valence electrons. The fourth-order valence-electron chi connectivity index (χ4n) is 10.7. The number of rotatable bonds is 7. The zero-order chi connectivity index (χ0) is 43.6. The zero-order valence-electron chi connectivity index (χ0n) is 36.9. The second-order valence-electron chi connectivity index (χ2n) is 18.1. The van der Waals surface area contributed by atoms with E-state index in [1.165, 1.54) is 105 Å². The van der Waals surface area contributed by atoms with Crippen molar-refractivity contribution in [1.82, 2.24) is 0 Å². The minimum atomic E-state index is -0.0518. The summed E-state index contributed by atoms with van der Waals surface area (Å²) in [4.78, 5) is 2.41. The molecular formula is C64H47N. The highest BCUT2D eigenvalue weighted by atomic mass is 15.1. The molecule has 65 heavy (non-hydrogen) atoms. The van der Waals surface area contributed by atoms with Gasteiger partial charge in [0.05, 0.1) is 0 Å². The Morgan fingerprint density at radius 3 is 1.52 bits per heavy atom. The van der Waals surface area contributed by atoms with E-state index in [-0.39, 0.29) is 5.41 Å². The molecule has 11 aromatic carbocycles. The average Bonchev–Trinajstić information content (AvgIpc) is 3.60. The van der Waals surface area contributed by atoms with E-state index in [2.05, 4.69) is 256 Å². The lowest BCUT2D eigenvalue weighted by Crippen LogP contribution is -2.14. The van der Waals surface area contributed by atoms with Gasteiger partial charge in [0.25, 0.3) is 0 Å². The smallest absolute Gasteiger partial charge is 0.0468 e. The van der Waals surface area contributed by atoms with Crippen molar-refractivity contribution in [3.05, 3.63) is 247 Å². The Labute approximate surface area is 381 Å². The van der Waals surface area contributed by atoms with Crippen LogP contribution in [0.5, 0.6) is 0 Å². The summed E-state index contributed by atoms with van der Waals surface area (Å²) < 4.78 is 0. The lowest BCUT2D eigenvalue weighted by Gasteiger charge is -2.27. The summed E-state index contributed by atoms with van der Waals surface area (Å²) in [5.41, 5.74) is 19.8. The van der Waals surface area contributed by atoms with Gasteiger partial charge in [-0.25, -0.2) is 0 Å². The Balaban J connectivity index is 1.08. The molecule has 0 bridgehead atoms. The molecule has 0 fully saturated rings. The third kappa shape index (κ3) is 6.38. The van der Waals surface area contributed by atoms with Gasteiger partial charge in [0.15, 0.2) is 0 Å². The Kier molecular flexibility index (Phi) is 9.14. The lowest BCUT2D eigenvalue weighted by atomic mass is 9.81. The maximum Gasteiger partial charge on any atom is 0.0468 e. The molecule has 0 radical (unpaired) electrons. The summed E-state index contributed by atoms with van der Waals surface area (Å²) >= 11 is 0. The summed E-state index contributed by atoms with van der Waals surface area (Å²) in [6.45, 7) is 6.86. The first kappa shape index (κ1) is 38.7. The average molecular weight is 830 g/mol. The highest BCUT2D eigenvalue weighted by Crippen LogP contribution is 2.52. The Morgan fingerprint density at radius 2 is 0.831 bits per heavy atom. The standard InChI is InChI=1S/C64H47N/c1-42-27-32-48(33-28-42)65(49-34-29-43(30-35-49)47-31-37-53-52-24-15-16-26-59(52)64(2,3)60(53)39-47)50-36-38-55-58(40-50)51-23-13-14-25-54(51)62-57(45-19-9-5-10-20-45)41-56(44-17-7-4-8-18-44)61(63(55)62)46-21-11-6-12-22-46/h4-41H,1-3H3. The summed E-state index contributed by atoms with van der Waals surface area (Å²) in [5.74, 6) is 0. The zero-order valence-corrected chi connectivity index (χ0v) is 36.9. The summed E-state index contributed by atoms with van der Waals surface area (Å²) in [7, 11) is 0. The van der Waals surface area contributed by atoms with Crippen molar-refractivity contribution in [2.45, 2.75) is 26.2 Å². The van der Waals surface area contributed by atoms with Crippen LogP contribution in [0, 0.1) is 6.92 Å². The first-order valence-electron chi connectivity index (χ1n) is 22.8. The van der Waals surface area contributed by atoms with Crippen molar-refractivity contribution < 1.29 is 0 Å². The van der Waals surface area contributed by atoms with Crippen LogP contribution in [-0.4, -0.2) is 0 Å². The van der Waals surface area contributed by atoms with Gasteiger partial charge in [-0.3, -0.25) is 0 Å². The molecule has 0 heterocycles. The molecule has 12 rings (SSSR count). The van der Waals surface area contributed by atoms with Crippen molar-refractivity contribution in [2.24, 2.45) is 0 Å². The molecule has 11 aromatic rings. The molecule has 1 heteroatoms. The second-order valence-corrected chi connectivity index (χ2v) is 18.1. The van der Waals surface area contributed by atoms with Gasteiger partial charge in [-0.15, -0.1) is 0 Å². The van der Waals surface area contributed by atoms with Crippen molar-refractivity contribution in [3.8, 4) is 55.6 Å². The number of hydrogen-bond acceptors (Lipinski definition) is 1. The van der Waals surface area contributed by atoms with E-state index in [4.69, 9.17) is 0 Å². The third-order valence-corrected chi connectivity index (χ3v) is 13.9. The van der Waals surface area contributed by atoms with Crippen molar-refractivity contribution in [1.29, 1.82) is 0 Å². The molecule has 0 amide bonds. The molecule has 0 atom stereocenters. The highest BCUT2D eigenvalue weighted by molar-refractivity contribution is 6.33. The predicted octanol–water partition coefficient (Wildman–Crippen LogP) is 17.9. The molecule has 0 saturated carbocycles. The SMILES string of the molecule is Cc1ccc(N(c2ccc(-c3ccc4c(c3)C(C)(C)c3ccccc3-4)cc2)c2ccc3c(c2)c2ccccc2c2c(-c4ccccc4)cc(-c4ccccc4)c(-c4ccccc4)c32)cc1. The molecule has 0 saturated heterocycles. The van der Waals surface area contributed by atoms with Crippen LogP contribution in [0.3, 0.4) is 0 Å². The Hall–Kier alpha value is -8.00. The first-order chi connectivity index (χ1) is 31.9. The van der Waals surface area contributed by atoms with Crippen LogP contribution in [0.15, 0.2) is 231 Å². The first-order valence-corrected chi connectivity index (χ1v) is 22.8. The summed E-state index contributed by atoms with van der Waals surface area (Å²) in [5, 5.41) is 7.48. The monoisotopic (exact) mass is 829 g/mol. The van der Waals surface area contributed by atoms with E-state index in [0.29, 0.717) is 0 Å². The van der Waals surface area contributed by atoms with E-state index in [1.54, 1.807) is 0 Å². The molecule has 0 aromatic heterocycles. The Morgan fingerprint density at radius 1 is 0.308 bits per heavy atom. The van der Waals surface area contributed by atoms with Crippen molar-refractivity contribution in [3.63, 3.8) is 0 Å². The number of hydrogen-bond donors (Lipinski definition) is 0. The minimum Gasteiger partial charge on any atom is -0.310 e. The van der Waals surface area contributed by atoms with Crippen LogP contribution >= 0.6 is 0 Å². The van der Waals surface area contributed by atoms with Crippen LogP contribution in [0.25, 0.3) is 88.0 Å². The van der Waals surface area contributed by atoms with Gasteiger partial charge in [-0.05, 0) is 155 Å². The molecule has 1 nitrogen and oxygen atoms in total. The van der Waals surface area contributed by atoms with Crippen LogP contribution in [0.4, 0.5) is 17.1 Å². The van der Waals surface area contributed by atoms with E-state index >= 15 is 0 Å². The van der Waals surface area contributed by atoms with E-state index < -0.39 is 0 Å². The Bertz CT molecular complexity index is 3590. The lowest BCUT2D eigenvalue weighted by molar-refractivity contribution is 0.660. The molecule has 1 aliphatic rings. The highest BCUT2D eigenvalue weighted by Gasteiger charge is 2.35. The van der Waals surface area contributed by atoms with Crippen LogP contribution in [0.2, 0.25) is 0 Å². The molecule has 1 aliphatic carbocycles. The maximum absolute atomic E-state index is 2.44. The predicted molar refractivity (Wildman–Crippen MR) is 278 cm³/mol. The number of anilines is 3. The largest absolute Gasteiger partial charge is 0.310 e. The van der Waals surface area contributed by atoms with Crippen LogP contribution in [-0.2, 0) is 5.41 Å². The molecule has 0 spiro atoms. The number of benzene rings is 11. The number of aryl methyl sites for hydroxylation is 1. The van der Waals surface area contributed by atoms with Gasteiger partial charge >= 0.3 is 0 Å². The maximum atomic E-state index is 2.44. The third-order valence-electron chi connectivity index (χ3n) is 13.9. The van der Waals surface area contributed by atoms with E-state index in [1.807, 2.05) is 0 Å². The normalized spacial score (nSPS) is 12.7. The topological polar surface area (TPSA) is 3.24 Å². The van der Waals surface area contributed by atoms with E-state index in [0.717, 1.165) is 17.1 Å². The number of nitrogens with zero attached hydrogens (tertiary/aromatic N) is 1. The van der Waals surface area contributed by atoms with Crippen LogP contribution in [0.1, 0.15) is 30.5 Å². The van der Waals surface area contributed by atoms with Crippen molar-refractivity contribution in [2.75, 3.05) is 4.90 Å². The molecule has 0 unspecified atom stereocenters. The van der Waals surface area contributed by atoms with E-state index in [9.17, 15) is 0 Å². The van der Waals surface area contributed by atoms with Gasteiger partial charge in [-0.2, -0.15) is 0 Å².